The molecule has 1 aliphatic carbocycles. The van der Waals surface area contributed by atoms with E-state index in [0.29, 0.717) is 18.0 Å². The molecular formula is C27H35N5O7S3. The first-order chi connectivity index (χ1) is 19.7. The fraction of sp³-hybridized carbons (Fsp3) is 0.519. The van der Waals surface area contributed by atoms with E-state index in [2.05, 4.69) is 14.4 Å². The molecule has 0 radical (unpaired) electrons. The van der Waals surface area contributed by atoms with Crippen molar-refractivity contribution in [3.05, 3.63) is 44.2 Å². The van der Waals surface area contributed by atoms with Gasteiger partial charge in [0.2, 0.25) is 0 Å². The van der Waals surface area contributed by atoms with Crippen LogP contribution in [-0.4, -0.2) is 55.5 Å². The van der Waals surface area contributed by atoms with E-state index in [1.165, 1.54) is 21.2 Å². The maximum Gasteiger partial charge on any atom is 0.287 e. The molecule has 3 N–H and O–H groups in total. The molecule has 2 fully saturated rings. The van der Waals surface area contributed by atoms with E-state index in [4.69, 9.17) is 0 Å². The second-order valence-electron chi connectivity index (χ2n) is 11.6. The SMILES string of the molecule is CC(=O)C1CN(S(=O)(=O)NCc2csc3c2S(=O)(=O)N=C(c2c(O)c(C=C(C)C)cn(CCC4CC4)c2=O)N3)CC1C. The van der Waals surface area contributed by atoms with Crippen molar-refractivity contribution in [2.45, 2.75) is 64.9 Å². The number of pyridine rings is 1. The Bertz CT molecular complexity index is 1760. The Morgan fingerprint density at radius 3 is 2.60 bits per heavy atom. The molecule has 228 valence electrons. The highest BCUT2D eigenvalue weighted by atomic mass is 32.2. The molecule has 3 aliphatic rings. The fourth-order valence-electron chi connectivity index (χ4n) is 5.39. The highest BCUT2D eigenvalue weighted by molar-refractivity contribution is 7.91. The molecule has 4 heterocycles. The summed E-state index contributed by atoms with van der Waals surface area (Å²) < 4.78 is 61.8. The summed E-state index contributed by atoms with van der Waals surface area (Å²) in [5, 5.41) is 15.7. The predicted octanol–water partition coefficient (Wildman–Crippen LogP) is 2.89. The number of hydrogen-bond acceptors (Lipinski definition) is 9. The molecule has 2 unspecified atom stereocenters. The molecule has 0 amide bonds. The van der Waals surface area contributed by atoms with Gasteiger partial charge in [-0.15, -0.1) is 15.7 Å². The number of anilines is 1. The number of allylic oxidation sites excluding steroid dienone is 1. The number of nitrogens with one attached hydrogen (secondary N) is 2. The standard InChI is InChI=1S/C27H35N5O7S3/c1-15(2)9-19-12-31(8-7-18-5-6-18)27(35)22(23(19)34)25-29-26-24(41(36,37)30-25)20(14-40-26)10-28-42(38,39)32-11-16(3)21(13-32)17(4)33/h9,12,14,16,18,21,28,34H,5-8,10-11,13H2,1-4H3,(H,29,30). The minimum atomic E-state index is -4.37. The number of rotatable bonds is 10. The zero-order valence-electron chi connectivity index (χ0n) is 23.9. The molecule has 0 spiro atoms. The zero-order chi connectivity index (χ0) is 30.6. The van der Waals surface area contributed by atoms with Gasteiger partial charge < -0.3 is 15.0 Å². The number of Topliss-reactive ketones (excluding diaryl/α,β-unsaturated/α-hetero) is 1. The minimum absolute atomic E-state index is 0.0641. The summed E-state index contributed by atoms with van der Waals surface area (Å²) in [6.45, 7) is 7.31. The van der Waals surface area contributed by atoms with Crippen molar-refractivity contribution in [1.82, 2.24) is 13.6 Å². The molecule has 0 bridgehead atoms. The van der Waals surface area contributed by atoms with E-state index in [9.17, 15) is 31.5 Å². The van der Waals surface area contributed by atoms with Crippen molar-refractivity contribution in [3.8, 4) is 5.75 Å². The van der Waals surface area contributed by atoms with Gasteiger partial charge in [0.15, 0.2) is 5.84 Å². The first kappa shape index (κ1) is 30.6. The second-order valence-corrected chi connectivity index (χ2v) is 15.7. The summed E-state index contributed by atoms with van der Waals surface area (Å²) >= 11 is 1.03. The van der Waals surface area contributed by atoms with E-state index in [0.717, 1.165) is 36.2 Å². The normalized spacial score (nSPS) is 21.9. The molecule has 1 saturated carbocycles. The van der Waals surface area contributed by atoms with Gasteiger partial charge in [0.25, 0.3) is 25.8 Å². The summed E-state index contributed by atoms with van der Waals surface area (Å²) in [5.74, 6) is -0.704. The number of amidine groups is 1. The van der Waals surface area contributed by atoms with E-state index in [-0.39, 0.29) is 63.9 Å². The number of nitrogens with zero attached hydrogens (tertiary/aromatic N) is 3. The van der Waals surface area contributed by atoms with Crippen LogP contribution in [0.2, 0.25) is 0 Å². The van der Waals surface area contributed by atoms with Gasteiger partial charge in [-0.2, -0.15) is 25.9 Å². The number of carbonyl (C=O) groups excluding carboxylic acids is 1. The van der Waals surface area contributed by atoms with Crippen LogP contribution in [0, 0.1) is 17.8 Å². The Balaban J connectivity index is 1.43. The van der Waals surface area contributed by atoms with Crippen LogP contribution in [0.4, 0.5) is 5.00 Å². The van der Waals surface area contributed by atoms with Gasteiger partial charge in [-0.25, -0.2) is 0 Å². The first-order valence-corrected chi connectivity index (χ1v) is 17.5. The number of thiophene rings is 1. The number of carbonyl (C=O) groups is 1. The molecule has 5 rings (SSSR count). The van der Waals surface area contributed by atoms with Crippen molar-refractivity contribution >= 4 is 54.3 Å². The highest BCUT2D eigenvalue weighted by Crippen LogP contribution is 2.38. The summed E-state index contributed by atoms with van der Waals surface area (Å²) in [6.07, 6.45) is 6.32. The van der Waals surface area contributed by atoms with E-state index in [1.54, 1.807) is 12.3 Å². The quantitative estimate of drug-likeness (QED) is 0.358. The number of aromatic nitrogens is 1. The van der Waals surface area contributed by atoms with Crippen molar-refractivity contribution < 1.29 is 26.7 Å². The Morgan fingerprint density at radius 2 is 1.98 bits per heavy atom. The maximum atomic E-state index is 13.5. The van der Waals surface area contributed by atoms with Gasteiger partial charge in [-0.05, 0) is 44.4 Å². The molecular weight excluding hydrogens is 603 g/mol. The third-order valence-corrected chi connectivity index (χ3v) is 11.8. The van der Waals surface area contributed by atoms with Gasteiger partial charge >= 0.3 is 0 Å². The molecule has 2 atom stereocenters. The summed E-state index contributed by atoms with van der Waals surface area (Å²) in [7, 11) is -8.36. The van der Waals surface area contributed by atoms with Gasteiger partial charge in [-0.3, -0.25) is 9.59 Å². The number of aryl methyl sites for hydroxylation is 1. The predicted molar refractivity (Wildman–Crippen MR) is 161 cm³/mol. The lowest BCUT2D eigenvalue weighted by Crippen LogP contribution is -2.39. The Labute approximate surface area is 249 Å². The third kappa shape index (κ3) is 6.11. The second kappa shape index (κ2) is 11.3. The van der Waals surface area contributed by atoms with Crippen LogP contribution >= 0.6 is 11.3 Å². The first-order valence-electron chi connectivity index (χ1n) is 13.8. The number of ketones is 1. The number of fused-ring (bicyclic) bond motifs is 1. The molecule has 2 aromatic rings. The average Bonchev–Trinajstić information content (AvgIpc) is 3.48. The van der Waals surface area contributed by atoms with E-state index < -0.39 is 31.7 Å². The topological polar surface area (TPSA) is 167 Å². The largest absolute Gasteiger partial charge is 0.506 e. The maximum absolute atomic E-state index is 13.5. The lowest BCUT2D eigenvalue weighted by molar-refractivity contribution is -0.121. The van der Waals surface area contributed by atoms with Crippen molar-refractivity contribution in [3.63, 3.8) is 0 Å². The summed E-state index contributed by atoms with van der Waals surface area (Å²) in [5.41, 5.74) is 0.639. The molecule has 2 aromatic heterocycles. The average molecular weight is 638 g/mol. The summed E-state index contributed by atoms with van der Waals surface area (Å²) in [6, 6.07) is 0. The lowest BCUT2D eigenvalue weighted by atomic mass is 9.95. The zero-order valence-corrected chi connectivity index (χ0v) is 26.3. The smallest absolute Gasteiger partial charge is 0.287 e. The van der Waals surface area contributed by atoms with Crippen LogP contribution in [-0.2, 0) is 38.1 Å². The summed E-state index contributed by atoms with van der Waals surface area (Å²) in [4.78, 5) is 25.1. The Hall–Kier alpha value is -2.85. The molecule has 42 heavy (non-hydrogen) atoms. The molecule has 12 nitrogen and oxygen atoms in total. The van der Waals surface area contributed by atoms with Gasteiger partial charge in [0.1, 0.15) is 27.0 Å². The molecule has 0 aromatic carbocycles. The number of sulfonamides is 1. The van der Waals surface area contributed by atoms with Crippen LogP contribution in [0.15, 0.2) is 31.2 Å². The van der Waals surface area contributed by atoms with Crippen LogP contribution < -0.4 is 15.6 Å². The Kier molecular flexibility index (Phi) is 8.26. The third-order valence-electron chi connectivity index (χ3n) is 7.84. The van der Waals surface area contributed by atoms with Gasteiger partial charge in [0.05, 0.1) is 0 Å². The van der Waals surface area contributed by atoms with Crippen molar-refractivity contribution in [1.29, 1.82) is 0 Å². The van der Waals surface area contributed by atoms with Gasteiger partial charge in [-0.1, -0.05) is 31.4 Å². The molecule has 2 aliphatic heterocycles. The van der Waals surface area contributed by atoms with Crippen LogP contribution in [0.3, 0.4) is 0 Å². The van der Waals surface area contributed by atoms with Crippen LogP contribution in [0.1, 0.15) is 63.6 Å². The van der Waals surface area contributed by atoms with Crippen molar-refractivity contribution in [2.24, 2.45) is 22.2 Å². The number of aromatic hydroxyl groups is 1. The monoisotopic (exact) mass is 637 g/mol. The van der Waals surface area contributed by atoms with E-state index >= 15 is 0 Å². The molecule has 1 saturated heterocycles. The Morgan fingerprint density at radius 1 is 1.26 bits per heavy atom. The lowest BCUT2D eigenvalue weighted by Gasteiger charge is -2.19. The number of hydrogen-bond donors (Lipinski definition) is 3. The fourth-order valence-corrected chi connectivity index (χ4v) is 9.30. The minimum Gasteiger partial charge on any atom is -0.506 e. The highest BCUT2D eigenvalue weighted by Gasteiger charge is 2.39. The van der Waals surface area contributed by atoms with Crippen molar-refractivity contribution in [2.75, 3.05) is 18.4 Å². The van der Waals surface area contributed by atoms with Gasteiger partial charge in [0, 0.05) is 49.4 Å². The molecule has 15 heteroatoms. The van der Waals surface area contributed by atoms with E-state index in [1.807, 2.05) is 20.8 Å². The van der Waals surface area contributed by atoms with Crippen LogP contribution in [0.25, 0.3) is 6.08 Å². The van der Waals surface area contributed by atoms with Crippen LogP contribution in [0.5, 0.6) is 5.75 Å².